The number of nitro groups is 1. The Morgan fingerprint density at radius 2 is 2.11 bits per heavy atom. The van der Waals surface area contributed by atoms with Crippen molar-refractivity contribution in [3.8, 4) is 11.5 Å². The van der Waals surface area contributed by atoms with Crippen LogP contribution in [0.3, 0.4) is 0 Å². The van der Waals surface area contributed by atoms with Gasteiger partial charge < -0.3 is 9.47 Å². The molecule has 0 fully saturated rings. The van der Waals surface area contributed by atoms with Crippen molar-refractivity contribution in [1.29, 1.82) is 0 Å². The number of allylic oxidation sites excluding steroid dienone is 1. The Morgan fingerprint density at radius 3 is 2.61 bits per heavy atom. The van der Waals surface area contributed by atoms with E-state index in [4.69, 9.17) is 4.74 Å². The van der Waals surface area contributed by atoms with Crippen molar-refractivity contribution in [2.45, 2.75) is 13.5 Å². The summed E-state index contributed by atoms with van der Waals surface area (Å²) in [6, 6.07) is 4.07. The SMILES string of the molecule is COc1cc(/C=C(/C)[N+](=O)[O-])ccc1OC(F)F. The lowest BCUT2D eigenvalue weighted by Gasteiger charge is -2.10. The molecule has 0 aliphatic heterocycles. The van der Waals surface area contributed by atoms with Crippen molar-refractivity contribution in [2.24, 2.45) is 0 Å². The van der Waals surface area contributed by atoms with Crippen LogP contribution in [0.2, 0.25) is 0 Å². The van der Waals surface area contributed by atoms with Gasteiger partial charge in [0.15, 0.2) is 11.5 Å². The maximum atomic E-state index is 12.1. The van der Waals surface area contributed by atoms with Gasteiger partial charge in [-0.2, -0.15) is 8.78 Å². The maximum Gasteiger partial charge on any atom is 0.387 e. The molecule has 0 radical (unpaired) electrons. The third-order valence-corrected chi connectivity index (χ3v) is 2.07. The molecule has 5 nitrogen and oxygen atoms in total. The van der Waals surface area contributed by atoms with E-state index in [0.717, 1.165) is 0 Å². The van der Waals surface area contributed by atoms with Gasteiger partial charge in [-0.3, -0.25) is 10.1 Å². The number of alkyl halides is 2. The number of nitrogens with zero attached hydrogens (tertiary/aromatic N) is 1. The maximum absolute atomic E-state index is 12.1. The largest absolute Gasteiger partial charge is 0.493 e. The molecule has 0 heterocycles. The van der Waals surface area contributed by atoms with E-state index in [1.807, 2.05) is 0 Å². The quantitative estimate of drug-likeness (QED) is 0.602. The van der Waals surface area contributed by atoms with Gasteiger partial charge in [0, 0.05) is 13.0 Å². The molecule has 1 rings (SSSR count). The Labute approximate surface area is 102 Å². The van der Waals surface area contributed by atoms with E-state index in [1.165, 1.54) is 38.3 Å². The number of rotatable bonds is 5. The third-order valence-electron chi connectivity index (χ3n) is 2.07. The van der Waals surface area contributed by atoms with Crippen LogP contribution in [0.1, 0.15) is 12.5 Å². The molecule has 0 saturated heterocycles. The third kappa shape index (κ3) is 3.69. The Hall–Kier alpha value is -2.18. The van der Waals surface area contributed by atoms with Crippen LogP contribution in [0.4, 0.5) is 8.78 Å². The number of methoxy groups -OCH3 is 1. The smallest absolute Gasteiger partial charge is 0.387 e. The average molecular weight is 259 g/mol. The second-order valence-electron chi connectivity index (χ2n) is 3.33. The molecule has 0 bridgehead atoms. The van der Waals surface area contributed by atoms with E-state index < -0.39 is 11.5 Å². The molecule has 7 heteroatoms. The highest BCUT2D eigenvalue weighted by molar-refractivity contribution is 5.56. The first kappa shape index (κ1) is 13.9. The molecule has 0 spiro atoms. The number of hydrogen-bond donors (Lipinski definition) is 0. The highest BCUT2D eigenvalue weighted by Crippen LogP contribution is 2.30. The van der Waals surface area contributed by atoms with Crippen LogP contribution in [0.5, 0.6) is 11.5 Å². The molecule has 98 valence electrons. The Kier molecular flexibility index (Phi) is 4.59. The number of ether oxygens (including phenoxy) is 2. The minimum Gasteiger partial charge on any atom is -0.493 e. The van der Waals surface area contributed by atoms with E-state index >= 15 is 0 Å². The molecule has 0 atom stereocenters. The van der Waals surface area contributed by atoms with Gasteiger partial charge in [-0.05, 0) is 17.7 Å². The summed E-state index contributed by atoms with van der Waals surface area (Å²) in [4.78, 5) is 9.91. The second-order valence-corrected chi connectivity index (χ2v) is 3.33. The van der Waals surface area contributed by atoms with Crippen molar-refractivity contribution >= 4 is 6.08 Å². The summed E-state index contributed by atoms with van der Waals surface area (Å²) in [6.07, 6.45) is 1.30. The lowest BCUT2D eigenvalue weighted by Crippen LogP contribution is -2.03. The van der Waals surface area contributed by atoms with E-state index in [0.29, 0.717) is 5.56 Å². The molecule has 1 aromatic rings. The van der Waals surface area contributed by atoms with Crippen LogP contribution in [0, 0.1) is 10.1 Å². The standard InChI is InChI=1S/C11H11F2NO4/c1-7(14(15)16)5-8-3-4-9(18-11(12)13)10(6-8)17-2/h3-6,11H,1-2H3/b7-5-. The predicted octanol–water partition coefficient (Wildman–Crippen LogP) is 2.93. The zero-order valence-corrected chi connectivity index (χ0v) is 9.72. The van der Waals surface area contributed by atoms with Gasteiger partial charge in [0.1, 0.15) is 0 Å². The van der Waals surface area contributed by atoms with E-state index in [-0.39, 0.29) is 17.2 Å². The van der Waals surface area contributed by atoms with Crippen LogP contribution in [0.25, 0.3) is 6.08 Å². The first-order valence-electron chi connectivity index (χ1n) is 4.89. The van der Waals surface area contributed by atoms with E-state index in [9.17, 15) is 18.9 Å². The number of halogens is 2. The Morgan fingerprint density at radius 1 is 1.44 bits per heavy atom. The van der Waals surface area contributed by atoms with Crippen LogP contribution in [-0.4, -0.2) is 18.6 Å². The van der Waals surface area contributed by atoms with Crippen molar-refractivity contribution in [3.05, 3.63) is 39.6 Å². The fourth-order valence-corrected chi connectivity index (χ4v) is 1.26. The minimum atomic E-state index is -2.96. The molecule has 18 heavy (non-hydrogen) atoms. The number of hydrogen-bond acceptors (Lipinski definition) is 4. The van der Waals surface area contributed by atoms with Crippen molar-refractivity contribution in [3.63, 3.8) is 0 Å². The summed E-state index contributed by atoms with van der Waals surface area (Å²) in [5.41, 5.74) is 0.391. The lowest BCUT2D eigenvalue weighted by atomic mass is 10.2. The highest BCUT2D eigenvalue weighted by atomic mass is 19.3. The first-order valence-corrected chi connectivity index (χ1v) is 4.89. The Bertz CT molecular complexity index is 474. The molecular formula is C11H11F2NO4. The molecule has 0 amide bonds. The predicted molar refractivity (Wildman–Crippen MR) is 60.3 cm³/mol. The molecule has 0 aliphatic carbocycles. The second kappa shape index (κ2) is 5.95. The normalized spacial score (nSPS) is 11.5. The van der Waals surface area contributed by atoms with Crippen LogP contribution in [-0.2, 0) is 0 Å². The first-order chi connectivity index (χ1) is 8.43. The highest BCUT2D eigenvalue weighted by Gasteiger charge is 2.11. The van der Waals surface area contributed by atoms with Crippen LogP contribution >= 0.6 is 0 Å². The molecule has 0 N–H and O–H groups in total. The molecule has 1 aromatic carbocycles. The summed E-state index contributed by atoms with van der Waals surface area (Å²) in [5.74, 6) is -0.0383. The average Bonchev–Trinajstić information content (AvgIpc) is 2.30. The van der Waals surface area contributed by atoms with Gasteiger partial charge in [-0.15, -0.1) is 0 Å². The topological polar surface area (TPSA) is 61.6 Å². The van der Waals surface area contributed by atoms with Gasteiger partial charge in [-0.1, -0.05) is 6.07 Å². The monoisotopic (exact) mass is 259 g/mol. The molecule has 0 saturated carbocycles. The fourth-order valence-electron chi connectivity index (χ4n) is 1.26. The summed E-state index contributed by atoms with van der Waals surface area (Å²) in [6.45, 7) is -1.63. The van der Waals surface area contributed by atoms with Gasteiger partial charge in [0.05, 0.1) is 12.0 Å². The number of benzene rings is 1. The molecular weight excluding hydrogens is 248 g/mol. The van der Waals surface area contributed by atoms with Crippen LogP contribution in [0.15, 0.2) is 23.9 Å². The fraction of sp³-hybridized carbons (Fsp3) is 0.273. The molecule has 0 aromatic heterocycles. The van der Waals surface area contributed by atoms with Gasteiger partial charge in [0.2, 0.25) is 5.70 Å². The molecule has 0 aliphatic rings. The van der Waals surface area contributed by atoms with E-state index in [1.54, 1.807) is 0 Å². The summed E-state index contributed by atoms with van der Waals surface area (Å²) in [5, 5.41) is 10.5. The summed E-state index contributed by atoms with van der Waals surface area (Å²) in [7, 11) is 1.29. The van der Waals surface area contributed by atoms with Gasteiger partial charge in [0.25, 0.3) is 0 Å². The van der Waals surface area contributed by atoms with Crippen LogP contribution < -0.4 is 9.47 Å². The zero-order chi connectivity index (χ0) is 13.7. The lowest BCUT2D eigenvalue weighted by molar-refractivity contribution is -0.422. The minimum absolute atomic E-state index is 0.0698. The zero-order valence-electron chi connectivity index (χ0n) is 9.72. The van der Waals surface area contributed by atoms with Crippen molar-refractivity contribution < 1.29 is 23.2 Å². The molecule has 0 unspecified atom stereocenters. The van der Waals surface area contributed by atoms with E-state index in [2.05, 4.69) is 4.74 Å². The van der Waals surface area contributed by atoms with Gasteiger partial charge >= 0.3 is 6.61 Å². The van der Waals surface area contributed by atoms with Crippen molar-refractivity contribution in [1.82, 2.24) is 0 Å². The summed E-state index contributed by atoms with van der Waals surface area (Å²) >= 11 is 0. The Balaban J connectivity index is 3.05. The van der Waals surface area contributed by atoms with Gasteiger partial charge in [-0.25, -0.2) is 0 Å². The van der Waals surface area contributed by atoms with Crippen molar-refractivity contribution in [2.75, 3.05) is 7.11 Å². The summed E-state index contributed by atoms with van der Waals surface area (Å²) < 4.78 is 33.3.